The van der Waals surface area contributed by atoms with E-state index in [1.807, 2.05) is 12.3 Å². The highest BCUT2D eigenvalue weighted by molar-refractivity contribution is 7.98. The van der Waals surface area contributed by atoms with Gasteiger partial charge in [0.2, 0.25) is 17.7 Å². The van der Waals surface area contributed by atoms with E-state index < -0.39 is 29.7 Å². The van der Waals surface area contributed by atoms with Crippen LogP contribution in [0.3, 0.4) is 0 Å². The monoisotopic (exact) mass is 637 g/mol. The van der Waals surface area contributed by atoms with Crippen LogP contribution in [-0.2, 0) is 25.6 Å². The third-order valence-corrected chi connectivity index (χ3v) is 8.60. The number of likely N-dealkylation sites (tertiary alicyclic amines) is 1. The molecule has 3 rings (SSSR count). The van der Waals surface area contributed by atoms with E-state index in [-0.39, 0.29) is 18.9 Å². The van der Waals surface area contributed by atoms with Crippen molar-refractivity contribution in [1.29, 1.82) is 0 Å². The first kappa shape index (κ1) is 33.1. The van der Waals surface area contributed by atoms with E-state index in [1.54, 1.807) is 35.2 Å². The Balaban J connectivity index is 1.48. The molecular weight excluding hydrogens is 605 g/mol. The summed E-state index contributed by atoms with van der Waals surface area (Å²) in [5.74, 6) is -1.81. The molecule has 0 saturated carbocycles. The number of carbonyl (C=O) groups is 4. The van der Waals surface area contributed by atoms with Gasteiger partial charge in [0.15, 0.2) is 11.5 Å². The van der Waals surface area contributed by atoms with Crippen LogP contribution in [-0.4, -0.2) is 79.8 Å². The second-order valence-electron chi connectivity index (χ2n) is 9.49. The van der Waals surface area contributed by atoms with Crippen LogP contribution in [0.2, 0.25) is 10.0 Å². The van der Waals surface area contributed by atoms with E-state index in [0.717, 1.165) is 4.90 Å². The summed E-state index contributed by atoms with van der Waals surface area (Å²) in [6.45, 7) is 0.391. The van der Waals surface area contributed by atoms with Gasteiger partial charge in [-0.3, -0.25) is 14.4 Å². The maximum absolute atomic E-state index is 12.8. The molecule has 226 valence electrons. The van der Waals surface area contributed by atoms with Gasteiger partial charge in [0, 0.05) is 36.5 Å². The Morgan fingerprint density at radius 2 is 1.76 bits per heavy atom. The summed E-state index contributed by atoms with van der Waals surface area (Å²) in [6, 6.07) is 7.36. The summed E-state index contributed by atoms with van der Waals surface area (Å²) >= 11 is 14.1. The molecule has 2 aromatic carbocycles. The van der Waals surface area contributed by atoms with Crippen LogP contribution in [0, 0.1) is 5.92 Å². The second kappa shape index (κ2) is 15.7. The maximum atomic E-state index is 12.8. The van der Waals surface area contributed by atoms with Crippen molar-refractivity contribution in [2.24, 2.45) is 5.92 Å². The van der Waals surface area contributed by atoms with Gasteiger partial charge < -0.3 is 30.1 Å². The fraction of sp³-hybridized carbons (Fsp3) is 0.379. The number of ether oxygens (including phenoxy) is 2. The van der Waals surface area contributed by atoms with Gasteiger partial charge in [-0.05, 0) is 54.5 Å². The molecule has 0 aliphatic carbocycles. The number of carboxylic acid groups (broad SMARTS) is 1. The number of benzene rings is 2. The number of halogens is 2. The SMILES string of the molecule is COc1ccc(CC(=O)NC[C@H](NC(=O)C2CCN(C(=O)/C=C/c3ccc(SC)c(Cl)c3Cl)CC2)C(=O)O)cc1OC. The van der Waals surface area contributed by atoms with Gasteiger partial charge in [-0.1, -0.05) is 35.3 Å². The summed E-state index contributed by atoms with van der Waals surface area (Å²) < 4.78 is 10.4. The Labute approximate surface area is 258 Å². The molecule has 1 aliphatic heterocycles. The van der Waals surface area contributed by atoms with E-state index in [9.17, 15) is 24.3 Å². The molecule has 0 bridgehead atoms. The minimum Gasteiger partial charge on any atom is -0.493 e. The third-order valence-electron chi connectivity index (χ3n) is 6.81. The summed E-state index contributed by atoms with van der Waals surface area (Å²) in [4.78, 5) is 52.2. The molecule has 3 N–H and O–H groups in total. The Morgan fingerprint density at radius 1 is 1.07 bits per heavy atom. The fourth-order valence-corrected chi connectivity index (χ4v) is 5.58. The van der Waals surface area contributed by atoms with Gasteiger partial charge in [0.05, 0.1) is 30.7 Å². The zero-order valence-corrected chi connectivity index (χ0v) is 25.8. The number of aliphatic carboxylic acids is 1. The van der Waals surface area contributed by atoms with Crippen molar-refractivity contribution in [3.05, 3.63) is 57.6 Å². The van der Waals surface area contributed by atoms with Crippen LogP contribution in [0.4, 0.5) is 0 Å². The fourth-order valence-electron chi connectivity index (χ4n) is 4.41. The van der Waals surface area contributed by atoms with Crippen molar-refractivity contribution in [1.82, 2.24) is 15.5 Å². The zero-order chi connectivity index (χ0) is 30.8. The van der Waals surface area contributed by atoms with E-state index in [4.69, 9.17) is 32.7 Å². The number of piperidine rings is 1. The lowest BCUT2D eigenvalue weighted by molar-refractivity contribution is -0.142. The summed E-state index contributed by atoms with van der Waals surface area (Å²) in [6.07, 6.45) is 5.66. The van der Waals surface area contributed by atoms with Gasteiger partial charge >= 0.3 is 5.97 Å². The molecule has 0 radical (unpaired) electrons. The number of hydrogen-bond acceptors (Lipinski definition) is 7. The lowest BCUT2D eigenvalue weighted by Gasteiger charge is -2.31. The minimum absolute atomic E-state index is 0.00998. The Hall–Kier alpha value is -3.41. The van der Waals surface area contributed by atoms with Gasteiger partial charge in [-0.15, -0.1) is 11.8 Å². The highest BCUT2D eigenvalue weighted by atomic mass is 35.5. The minimum atomic E-state index is -1.30. The largest absolute Gasteiger partial charge is 0.493 e. The molecule has 1 fully saturated rings. The number of rotatable bonds is 12. The second-order valence-corrected chi connectivity index (χ2v) is 11.1. The molecule has 1 heterocycles. The average Bonchev–Trinajstić information content (AvgIpc) is 2.99. The summed E-state index contributed by atoms with van der Waals surface area (Å²) in [5, 5.41) is 15.5. The Bertz CT molecular complexity index is 1350. The van der Waals surface area contributed by atoms with Gasteiger partial charge in [0.1, 0.15) is 6.04 Å². The molecular formula is C29H33Cl2N3O7S. The van der Waals surface area contributed by atoms with Crippen LogP contribution in [0.15, 0.2) is 41.3 Å². The van der Waals surface area contributed by atoms with Crippen molar-refractivity contribution in [3.8, 4) is 11.5 Å². The lowest BCUT2D eigenvalue weighted by Crippen LogP contribution is -2.51. The number of methoxy groups -OCH3 is 2. The summed E-state index contributed by atoms with van der Waals surface area (Å²) in [7, 11) is 2.99. The number of carboxylic acids is 1. The van der Waals surface area contributed by atoms with Crippen LogP contribution < -0.4 is 20.1 Å². The lowest BCUT2D eigenvalue weighted by atomic mass is 9.95. The normalized spacial score (nSPS) is 14.4. The van der Waals surface area contributed by atoms with Crippen molar-refractivity contribution >= 4 is 64.7 Å². The smallest absolute Gasteiger partial charge is 0.328 e. The van der Waals surface area contributed by atoms with Crippen LogP contribution in [0.5, 0.6) is 11.5 Å². The van der Waals surface area contributed by atoms with E-state index in [1.165, 1.54) is 32.1 Å². The molecule has 0 aromatic heterocycles. The van der Waals surface area contributed by atoms with E-state index >= 15 is 0 Å². The highest BCUT2D eigenvalue weighted by Gasteiger charge is 2.30. The molecule has 0 unspecified atom stereocenters. The van der Waals surface area contributed by atoms with E-state index in [2.05, 4.69) is 10.6 Å². The highest BCUT2D eigenvalue weighted by Crippen LogP contribution is 2.35. The van der Waals surface area contributed by atoms with Crippen molar-refractivity contribution in [3.63, 3.8) is 0 Å². The zero-order valence-electron chi connectivity index (χ0n) is 23.4. The van der Waals surface area contributed by atoms with Crippen LogP contribution in [0.1, 0.15) is 24.0 Å². The standard InChI is InChI=1S/C29H33Cl2N3O7S/c1-40-21-7-4-17(14-22(21)41-2)15-24(35)32-16-20(29(38)39)33-28(37)19-10-12-34(13-11-19)25(36)9-6-18-5-8-23(42-3)27(31)26(18)30/h4-9,14,19-20H,10-13,15-16H2,1-3H3,(H,32,35)(H,33,37)(H,38,39)/b9-6+/t20-/m0/s1. The number of amides is 3. The maximum Gasteiger partial charge on any atom is 0.328 e. The number of nitrogens with zero attached hydrogens (tertiary/aromatic N) is 1. The van der Waals surface area contributed by atoms with Crippen molar-refractivity contribution in [2.75, 3.05) is 40.1 Å². The van der Waals surface area contributed by atoms with Crippen LogP contribution in [0.25, 0.3) is 6.08 Å². The molecule has 1 atom stereocenters. The van der Waals surface area contributed by atoms with E-state index in [0.29, 0.717) is 58.6 Å². The van der Waals surface area contributed by atoms with Crippen LogP contribution >= 0.6 is 35.0 Å². The van der Waals surface area contributed by atoms with Crippen molar-refractivity contribution in [2.45, 2.75) is 30.2 Å². The van der Waals surface area contributed by atoms with Gasteiger partial charge in [-0.2, -0.15) is 0 Å². The predicted molar refractivity (Wildman–Crippen MR) is 162 cm³/mol. The molecule has 42 heavy (non-hydrogen) atoms. The molecule has 1 saturated heterocycles. The number of thioether (sulfide) groups is 1. The predicted octanol–water partition coefficient (Wildman–Crippen LogP) is 3.91. The molecule has 3 amide bonds. The topological polar surface area (TPSA) is 134 Å². The quantitative estimate of drug-likeness (QED) is 0.236. The average molecular weight is 639 g/mol. The Kier molecular flexibility index (Phi) is 12.4. The van der Waals surface area contributed by atoms with Gasteiger partial charge in [0.25, 0.3) is 0 Å². The third kappa shape index (κ3) is 8.80. The van der Waals surface area contributed by atoms with Crippen molar-refractivity contribution < 1.29 is 33.8 Å². The molecule has 10 nitrogen and oxygen atoms in total. The number of carbonyl (C=O) groups excluding carboxylic acids is 3. The molecule has 13 heteroatoms. The molecule has 2 aromatic rings. The molecule has 1 aliphatic rings. The first-order valence-electron chi connectivity index (χ1n) is 13.1. The summed E-state index contributed by atoms with van der Waals surface area (Å²) in [5.41, 5.74) is 1.27. The first-order chi connectivity index (χ1) is 20.1. The molecule has 0 spiro atoms. The van der Waals surface area contributed by atoms with Gasteiger partial charge in [-0.25, -0.2) is 4.79 Å². The number of hydrogen-bond donors (Lipinski definition) is 3. The first-order valence-corrected chi connectivity index (χ1v) is 15.1. The number of nitrogens with one attached hydrogen (secondary N) is 2. The Morgan fingerprint density at radius 3 is 2.38 bits per heavy atom.